The first kappa shape index (κ1) is 23.2. The molecule has 2 heterocycles. The van der Waals surface area contributed by atoms with Crippen LogP contribution in [0.25, 0.3) is 0 Å². The normalized spacial score (nSPS) is 14.3. The largest absolute Gasteiger partial charge is 0.472 e. The van der Waals surface area contributed by atoms with Gasteiger partial charge in [-0.05, 0) is 26.8 Å². The molecule has 0 spiro atoms. The van der Waals surface area contributed by atoms with Gasteiger partial charge in [-0.15, -0.1) is 0 Å². The molecule has 0 aliphatic carbocycles. The molecule has 166 valence electrons. The number of nitrogens with zero attached hydrogens (tertiary/aromatic N) is 3. The molecule has 1 fully saturated rings. The van der Waals surface area contributed by atoms with Crippen LogP contribution in [0.1, 0.15) is 37.6 Å². The minimum atomic E-state index is -0.564. The fourth-order valence-corrected chi connectivity index (χ4v) is 2.83. The summed E-state index contributed by atoms with van der Waals surface area (Å²) in [7, 11) is 1.55. The van der Waals surface area contributed by atoms with Crippen LogP contribution in [0.4, 0.5) is 4.79 Å². The van der Waals surface area contributed by atoms with E-state index in [4.69, 9.17) is 9.15 Å². The summed E-state index contributed by atoms with van der Waals surface area (Å²) < 4.78 is 10.2. The molecule has 0 atom stereocenters. The van der Waals surface area contributed by atoms with E-state index in [0.717, 1.165) is 0 Å². The predicted molar refractivity (Wildman–Crippen MR) is 108 cm³/mol. The molecule has 0 saturated carbocycles. The van der Waals surface area contributed by atoms with Crippen LogP contribution in [0, 0.1) is 0 Å². The van der Waals surface area contributed by atoms with Crippen LogP contribution in [-0.2, 0) is 14.3 Å². The third kappa shape index (κ3) is 7.09. The van der Waals surface area contributed by atoms with Crippen molar-refractivity contribution in [3.63, 3.8) is 0 Å². The van der Waals surface area contributed by atoms with Crippen molar-refractivity contribution in [1.82, 2.24) is 20.0 Å². The summed E-state index contributed by atoms with van der Waals surface area (Å²) in [6.07, 6.45) is 2.41. The van der Waals surface area contributed by atoms with E-state index in [1.165, 1.54) is 23.5 Å². The van der Waals surface area contributed by atoms with Gasteiger partial charge in [-0.2, -0.15) is 0 Å². The second-order valence-corrected chi connectivity index (χ2v) is 8.12. The summed E-state index contributed by atoms with van der Waals surface area (Å²) in [4.78, 5) is 53.1. The average molecular weight is 422 g/mol. The fraction of sp³-hybridized carbons (Fsp3) is 0.600. The summed E-state index contributed by atoms with van der Waals surface area (Å²) in [5.74, 6) is -0.751. The second kappa shape index (κ2) is 10.1. The van der Waals surface area contributed by atoms with E-state index in [1.807, 2.05) is 0 Å². The van der Waals surface area contributed by atoms with E-state index in [2.05, 4.69) is 5.32 Å². The number of rotatable bonds is 6. The number of ether oxygens (including phenoxy) is 1. The van der Waals surface area contributed by atoms with Gasteiger partial charge in [0.2, 0.25) is 11.8 Å². The monoisotopic (exact) mass is 422 g/mol. The maximum atomic E-state index is 12.5. The smallest absolute Gasteiger partial charge is 0.410 e. The zero-order chi connectivity index (χ0) is 22.3. The molecule has 10 nitrogen and oxygen atoms in total. The number of carbonyl (C=O) groups is 4. The summed E-state index contributed by atoms with van der Waals surface area (Å²) in [6, 6.07) is 1.53. The first-order valence-corrected chi connectivity index (χ1v) is 9.87. The van der Waals surface area contributed by atoms with Crippen LogP contribution in [0.5, 0.6) is 0 Å². The lowest BCUT2D eigenvalue weighted by Crippen LogP contribution is -2.53. The van der Waals surface area contributed by atoms with Gasteiger partial charge in [0.15, 0.2) is 0 Å². The highest BCUT2D eigenvalue weighted by Gasteiger charge is 2.28. The van der Waals surface area contributed by atoms with Gasteiger partial charge < -0.3 is 29.2 Å². The van der Waals surface area contributed by atoms with Gasteiger partial charge in [0.1, 0.15) is 11.9 Å². The Bertz CT molecular complexity index is 748. The average Bonchev–Trinajstić information content (AvgIpc) is 3.21. The van der Waals surface area contributed by atoms with Gasteiger partial charge in [0.25, 0.3) is 5.91 Å². The zero-order valence-corrected chi connectivity index (χ0v) is 18.0. The lowest BCUT2D eigenvalue weighted by Gasteiger charge is -2.36. The molecule has 1 aliphatic rings. The molecular formula is C20H30N4O6. The van der Waals surface area contributed by atoms with E-state index in [1.54, 1.807) is 37.6 Å². The van der Waals surface area contributed by atoms with Crippen LogP contribution < -0.4 is 5.32 Å². The van der Waals surface area contributed by atoms with Crippen molar-refractivity contribution in [2.45, 2.75) is 32.8 Å². The fourth-order valence-electron chi connectivity index (χ4n) is 2.83. The van der Waals surface area contributed by atoms with Crippen molar-refractivity contribution in [2.24, 2.45) is 0 Å². The number of amides is 4. The number of hydrogen-bond donors (Lipinski definition) is 1. The summed E-state index contributed by atoms with van der Waals surface area (Å²) in [6.45, 7) is 7.08. The Labute approximate surface area is 176 Å². The molecule has 1 aromatic rings. The van der Waals surface area contributed by atoms with Crippen LogP contribution in [0.3, 0.4) is 0 Å². The van der Waals surface area contributed by atoms with Crippen molar-refractivity contribution in [1.29, 1.82) is 0 Å². The lowest BCUT2D eigenvalue weighted by molar-refractivity contribution is -0.140. The molecule has 1 aliphatic heterocycles. The molecule has 0 radical (unpaired) electrons. The Balaban J connectivity index is 1.69. The maximum absolute atomic E-state index is 12.5. The van der Waals surface area contributed by atoms with Crippen molar-refractivity contribution < 1.29 is 28.3 Å². The Morgan fingerprint density at radius 2 is 1.77 bits per heavy atom. The number of nitrogens with one attached hydrogen (secondary N) is 1. The minimum absolute atomic E-state index is 0.0546. The highest BCUT2D eigenvalue weighted by Crippen LogP contribution is 2.12. The Morgan fingerprint density at radius 1 is 1.13 bits per heavy atom. The number of likely N-dealkylation sites (N-methyl/N-ethyl adjacent to an activating group) is 1. The molecular weight excluding hydrogens is 392 g/mol. The number of hydrogen-bond acceptors (Lipinski definition) is 6. The minimum Gasteiger partial charge on any atom is -0.472 e. The van der Waals surface area contributed by atoms with Crippen LogP contribution >= 0.6 is 0 Å². The van der Waals surface area contributed by atoms with Gasteiger partial charge >= 0.3 is 6.09 Å². The highest BCUT2D eigenvalue weighted by molar-refractivity contribution is 5.94. The maximum Gasteiger partial charge on any atom is 0.410 e. The Morgan fingerprint density at radius 3 is 2.33 bits per heavy atom. The predicted octanol–water partition coefficient (Wildman–Crippen LogP) is 0.937. The standard InChI is InChI=1S/C20H30N4O6/c1-20(2,3)30-19(28)24-10-8-23(9-11-24)17(26)13-22(4)16(25)5-7-21-18(27)15-6-12-29-14-15/h6,12,14H,5,7-11,13H2,1-4H3,(H,21,27). The van der Waals surface area contributed by atoms with Crippen LogP contribution in [0.2, 0.25) is 0 Å². The van der Waals surface area contributed by atoms with Crippen molar-refractivity contribution in [2.75, 3.05) is 46.3 Å². The first-order valence-electron chi connectivity index (χ1n) is 9.87. The summed E-state index contributed by atoms with van der Waals surface area (Å²) >= 11 is 0. The Hall–Kier alpha value is -3.04. The highest BCUT2D eigenvalue weighted by atomic mass is 16.6. The molecule has 4 amide bonds. The number of piperazine rings is 1. The number of carbonyl (C=O) groups excluding carboxylic acids is 4. The molecule has 0 unspecified atom stereocenters. The second-order valence-electron chi connectivity index (χ2n) is 8.12. The molecule has 1 N–H and O–H groups in total. The third-order valence-corrected chi connectivity index (χ3v) is 4.49. The molecule has 1 aromatic heterocycles. The molecule has 0 aromatic carbocycles. The SMILES string of the molecule is CN(CC(=O)N1CCN(C(=O)OC(C)(C)C)CC1)C(=O)CCNC(=O)c1ccoc1. The van der Waals surface area contributed by atoms with Gasteiger partial charge in [0.05, 0.1) is 18.4 Å². The van der Waals surface area contributed by atoms with Gasteiger partial charge in [-0.1, -0.05) is 0 Å². The van der Waals surface area contributed by atoms with Crippen molar-refractivity contribution in [3.8, 4) is 0 Å². The van der Waals surface area contributed by atoms with Gasteiger partial charge in [-0.25, -0.2) is 4.79 Å². The van der Waals surface area contributed by atoms with E-state index in [9.17, 15) is 19.2 Å². The van der Waals surface area contributed by atoms with Gasteiger partial charge in [-0.3, -0.25) is 14.4 Å². The molecule has 30 heavy (non-hydrogen) atoms. The summed E-state index contributed by atoms with van der Waals surface area (Å²) in [5.41, 5.74) is -0.179. The first-order chi connectivity index (χ1) is 14.1. The topological polar surface area (TPSA) is 112 Å². The van der Waals surface area contributed by atoms with Crippen LogP contribution in [0.15, 0.2) is 23.0 Å². The van der Waals surface area contributed by atoms with E-state index in [-0.39, 0.29) is 43.3 Å². The molecule has 1 saturated heterocycles. The van der Waals surface area contributed by atoms with E-state index in [0.29, 0.717) is 31.7 Å². The quantitative estimate of drug-likeness (QED) is 0.730. The molecule has 0 bridgehead atoms. The third-order valence-electron chi connectivity index (χ3n) is 4.49. The van der Waals surface area contributed by atoms with Crippen molar-refractivity contribution in [3.05, 3.63) is 24.2 Å². The molecule has 10 heteroatoms. The number of furan rings is 1. The lowest BCUT2D eigenvalue weighted by atomic mass is 10.2. The van der Waals surface area contributed by atoms with E-state index < -0.39 is 5.60 Å². The molecule has 2 rings (SSSR count). The zero-order valence-electron chi connectivity index (χ0n) is 18.0. The van der Waals surface area contributed by atoms with Crippen LogP contribution in [-0.4, -0.2) is 90.4 Å². The Kier molecular flexibility index (Phi) is 7.85. The summed E-state index contributed by atoms with van der Waals surface area (Å²) in [5, 5.41) is 2.63. The van der Waals surface area contributed by atoms with Crippen molar-refractivity contribution >= 4 is 23.8 Å². The van der Waals surface area contributed by atoms with Gasteiger partial charge in [0, 0.05) is 46.2 Å². The van der Waals surface area contributed by atoms with E-state index >= 15 is 0 Å².